The molecule has 0 aliphatic heterocycles. The minimum Gasteiger partial charge on any atom is -1.00 e. The van der Waals surface area contributed by atoms with Gasteiger partial charge in [0, 0.05) is 25.0 Å². The predicted octanol–water partition coefficient (Wildman–Crippen LogP) is 1.08. The number of carbonyl (C=O) groups excluding carboxylic acids is 2. The molecule has 2 N–H and O–H groups in total. The molecule has 0 bridgehead atoms. The van der Waals surface area contributed by atoms with Gasteiger partial charge in [-0.3, -0.25) is 0 Å². The van der Waals surface area contributed by atoms with Crippen LogP contribution in [0, 0.1) is 0 Å². The maximum atomic E-state index is 11.2. The van der Waals surface area contributed by atoms with Crippen LogP contribution >= 0.6 is 0 Å². The fourth-order valence-electron chi connectivity index (χ4n) is 3.11. The third-order valence-corrected chi connectivity index (χ3v) is 4.86. The van der Waals surface area contributed by atoms with E-state index in [1.54, 1.807) is 0 Å². The quantitative estimate of drug-likeness (QED) is 0.162. The highest BCUT2D eigenvalue weighted by Gasteiger charge is 2.13. The minimum atomic E-state index is -0.397. The van der Waals surface area contributed by atoms with Gasteiger partial charge in [-0.2, -0.15) is 0 Å². The molecular weight excluding hydrogens is 434 g/mol. The van der Waals surface area contributed by atoms with Crippen molar-refractivity contribution in [2.24, 2.45) is 0 Å². The van der Waals surface area contributed by atoms with E-state index in [4.69, 9.17) is 9.47 Å². The number of nitrogens with two attached hydrogens (primary N) is 1. The molecule has 0 spiro atoms. The van der Waals surface area contributed by atoms with Crippen LogP contribution in [-0.2, 0) is 19.1 Å². The van der Waals surface area contributed by atoms with Gasteiger partial charge in [0.15, 0.2) is 0 Å². The molecule has 0 radical (unpaired) electrons. The molecule has 0 aliphatic carbocycles. The molecule has 0 unspecified atom stereocenters. The molecule has 0 aromatic rings. The largest absolute Gasteiger partial charge is 1.00 e. The summed E-state index contributed by atoms with van der Waals surface area (Å²) in [6, 6.07) is 0.272. The molecule has 0 heterocycles. The number of esters is 2. The number of halogens is 1. The lowest BCUT2D eigenvalue weighted by Gasteiger charge is -2.15. The van der Waals surface area contributed by atoms with Gasteiger partial charge >= 0.3 is 11.9 Å². The van der Waals surface area contributed by atoms with Crippen molar-refractivity contribution in [2.75, 3.05) is 19.8 Å². The van der Waals surface area contributed by atoms with E-state index in [1.165, 1.54) is 76.4 Å². The average Bonchev–Trinajstić information content (AvgIpc) is 2.71. The van der Waals surface area contributed by atoms with Crippen molar-refractivity contribution in [1.82, 2.24) is 0 Å². The summed E-state index contributed by atoms with van der Waals surface area (Å²) in [5.41, 5.74) is 0. The first-order valence-corrected chi connectivity index (χ1v) is 11.1. The topological polar surface area (TPSA) is 69.2 Å². The highest BCUT2D eigenvalue weighted by Crippen LogP contribution is 2.10. The molecule has 170 valence electrons. The molecule has 29 heavy (non-hydrogen) atoms. The summed E-state index contributed by atoms with van der Waals surface area (Å²) in [7, 11) is 0. The first-order chi connectivity index (χ1) is 13.6. The molecule has 0 aromatic carbocycles. The summed E-state index contributed by atoms with van der Waals surface area (Å²) in [5.74, 6) is -0.793. The molecule has 0 atom stereocenters. The van der Waals surface area contributed by atoms with Crippen LogP contribution in [0.2, 0.25) is 0 Å². The van der Waals surface area contributed by atoms with Crippen LogP contribution in [0.1, 0.15) is 84.0 Å². The molecule has 0 aromatic heterocycles. The number of rotatable bonds is 20. The Morgan fingerprint density at radius 1 is 0.793 bits per heavy atom. The van der Waals surface area contributed by atoms with Gasteiger partial charge in [-0.05, 0) is 12.8 Å². The molecule has 0 fully saturated rings. The average molecular weight is 476 g/mol. The number of carbonyl (C=O) groups is 2. The van der Waals surface area contributed by atoms with Gasteiger partial charge in [0.2, 0.25) is 0 Å². The highest BCUT2D eigenvalue weighted by molar-refractivity contribution is 5.81. The molecule has 5 nitrogen and oxygen atoms in total. The zero-order valence-corrected chi connectivity index (χ0v) is 19.9. The second-order valence-corrected chi connectivity index (χ2v) is 7.29. The molecule has 0 aliphatic rings. The summed E-state index contributed by atoms with van der Waals surface area (Å²) in [6.07, 6.45) is 17.1. The normalized spacial score (nSPS) is 10.3. The highest BCUT2D eigenvalue weighted by atomic mass is 79.9. The summed E-state index contributed by atoms with van der Waals surface area (Å²) in [6.45, 7) is 10.8. The van der Waals surface area contributed by atoms with Crippen LogP contribution in [0.25, 0.3) is 0 Å². The Labute approximate surface area is 188 Å². The van der Waals surface area contributed by atoms with Crippen LogP contribution in [0.15, 0.2) is 25.3 Å². The van der Waals surface area contributed by atoms with Gasteiger partial charge in [0.05, 0.1) is 25.8 Å². The molecule has 0 saturated carbocycles. The molecule has 0 saturated heterocycles. The van der Waals surface area contributed by atoms with Crippen LogP contribution in [0.3, 0.4) is 0 Å². The third kappa shape index (κ3) is 21.4. The maximum Gasteiger partial charge on any atom is 0.330 e. The first kappa shape index (κ1) is 30.1. The minimum absolute atomic E-state index is 0. The lowest BCUT2D eigenvalue weighted by atomic mass is 10.1. The van der Waals surface area contributed by atoms with Crippen molar-refractivity contribution in [3.05, 3.63) is 25.3 Å². The number of unbranched alkanes of at least 4 members (excludes halogenated alkanes) is 9. The van der Waals surface area contributed by atoms with E-state index in [2.05, 4.69) is 25.4 Å². The lowest BCUT2D eigenvalue weighted by Crippen LogP contribution is -3.00. The standard InChI is InChI=1S/C23H41NO4.BrH/c1-4-7-8-9-10-11-12-13-14-15-18-24-21(16-19-27-22(25)5-2)17-20-28-23(26)6-3;/h5-6,21,24H,2-4,7-20H2,1H3;1H. The van der Waals surface area contributed by atoms with E-state index in [-0.39, 0.29) is 23.0 Å². The molecule has 0 rings (SSSR count). The summed E-state index contributed by atoms with van der Waals surface area (Å²) >= 11 is 0. The Morgan fingerprint density at radius 3 is 1.62 bits per heavy atom. The molecule has 6 heteroatoms. The maximum absolute atomic E-state index is 11.2. The van der Waals surface area contributed by atoms with Crippen molar-refractivity contribution in [3.63, 3.8) is 0 Å². The van der Waals surface area contributed by atoms with Gasteiger partial charge < -0.3 is 31.8 Å². The van der Waals surface area contributed by atoms with Gasteiger partial charge in [-0.1, -0.05) is 71.4 Å². The van der Waals surface area contributed by atoms with Crippen LogP contribution < -0.4 is 22.3 Å². The van der Waals surface area contributed by atoms with Gasteiger partial charge in [-0.25, -0.2) is 9.59 Å². The SMILES string of the molecule is C=CC(=O)OCCC(CCOC(=O)C=C)[NH2+]CCCCCCCCCCCC.[Br-]. The second-order valence-electron chi connectivity index (χ2n) is 7.29. The zero-order chi connectivity index (χ0) is 20.9. The summed E-state index contributed by atoms with van der Waals surface area (Å²) < 4.78 is 10.2. The van der Waals surface area contributed by atoms with Crippen LogP contribution in [-0.4, -0.2) is 37.7 Å². The van der Waals surface area contributed by atoms with Crippen molar-refractivity contribution >= 4 is 11.9 Å². The van der Waals surface area contributed by atoms with E-state index < -0.39 is 11.9 Å². The Bertz CT molecular complexity index is 403. The molecule has 0 amide bonds. The smallest absolute Gasteiger partial charge is 0.330 e. The van der Waals surface area contributed by atoms with Crippen molar-refractivity contribution < 1.29 is 41.4 Å². The summed E-state index contributed by atoms with van der Waals surface area (Å²) in [4.78, 5) is 22.3. The Hall–Kier alpha value is -1.14. The van der Waals surface area contributed by atoms with Crippen molar-refractivity contribution in [2.45, 2.75) is 90.0 Å². The van der Waals surface area contributed by atoms with Gasteiger partial charge in [0.25, 0.3) is 0 Å². The van der Waals surface area contributed by atoms with E-state index in [1.807, 2.05) is 0 Å². The molecular formula is C23H42BrNO4. The van der Waals surface area contributed by atoms with Gasteiger partial charge in [-0.15, -0.1) is 0 Å². The fraction of sp³-hybridized carbons (Fsp3) is 0.739. The summed E-state index contributed by atoms with van der Waals surface area (Å²) in [5, 5.41) is 2.29. The van der Waals surface area contributed by atoms with Gasteiger partial charge in [0.1, 0.15) is 0 Å². The first-order valence-electron chi connectivity index (χ1n) is 11.1. The van der Waals surface area contributed by atoms with Crippen LogP contribution in [0.4, 0.5) is 0 Å². The fourth-order valence-corrected chi connectivity index (χ4v) is 3.11. The number of ether oxygens (including phenoxy) is 2. The predicted molar refractivity (Wildman–Crippen MR) is 114 cm³/mol. The zero-order valence-electron chi connectivity index (χ0n) is 18.3. The van der Waals surface area contributed by atoms with E-state index in [0.717, 1.165) is 19.4 Å². The lowest BCUT2D eigenvalue weighted by molar-refractivity contribution is -0.691. The Morgan fingerprint density at radius 2 is 1.21 bits per heavy atom. The number of quaternary nitrogens is 1. The van der Waals surface area contributed by atoms with E-state index >= 15 is 0 Å². The monoisotopic (exact) mass is 475 g/mol. The van der Waals surface area contributed by atoms with Crippen LogP contribution in [0.5, 0.6) is 0 Å². The Kier molecular flexibility index (Phi) is 24.0. The second kappa shape index (κ2) is 23.1. The van der Waals surface area contributed by atoms with E-state index in [0.29, 0.717) is 13.2 Å². The van der Waals surface area contributed by atoms with Crippen molar-refractivity contribution in [1.29, 1.82) is 0 Å². The third-order valence-electron chi connectivity index (χ3n) is 4.86. The Balaban J connectivity index is 0. The number of hydrogen-bond donors (Lipinski definition) is 1. The van der Waals surface area contributed by atoms with E-state index in [9.17, 15) is 9.59 Å². The number of hydrogen-bond acceptors (Lipinski definition) is 4. The van der Waals surface area contributed by atoms with Crippen molar-refractivity contribution in [3.8, 4) is 0 Å².